The van der Waals surface area contributed by atoms with Gasteiger partial charge in [0.05, 0.1) is 23.3 Å². The fraction of sp³-hybridized carbons (Fsp3) is 0.333. The number of benzene rings is 1. The topological polar surface area (TPSA) is 33.1 Å². The fourth-order valence-corrected chi connectivity index (χ4v) is 5.35. The van der Waals surface area contributed by atoms with E-state index in [0.29, 0.717) is 16.8 Å². The number of halogens is 3. The summed E-state index contributed by atoms with van der Waals surface area (Å²) in [4.78, 5) is 6.81. The van der Waals surface area contributed by atoms with Gasteiger partial charge in [0, 0.05) is 29.8 Å². The van der Waals surface area contributed by atoms with Gasteiger partial charge in [-0.15, -0.1) is 0 Å². The normalized spacial score (nSPS) is 21.8. The molecule has 2 aliphatic rings. The standard InChI is InChI=1S/C24H23F3N4S/c25-24(26,27)16-7-5-10-18(15-16)30-14-6-12-20(30)22-21(19-11-3-4-13-28-19)29-23(32)31(22)17-8-1-2-9-17/h3-7,10-15,17,21-22H,1-2,8-9H2,(H,29,32)/t21-,22+/m0/s1. The highest BCUT2D eigenvalue weighted by Crippen LogP contribution is 2.43. The van der Waals surface area contributed by atoms with Crippen molar-refractivity contribution in [1.82, 2.24) is 19.8 Å². The lowest BCUT2D eigenvalue weighted by atomic mass is 9.99. The highest BCUT2D eigenvalue weighted by Gasteiger charge is 2.44. The quantitative estimate of drug-likeness (QED) is 0.503. The van der Waals surface area contributed by atoms with Crippen molar-refractivity contribution in [1.29, 1.82) is 0 Å². The molecule has 4 nitrogen and oxygen atoms in total. The molecular weight excluding hydrogens is 433 g/mol. The second-order valence-electron chi connectivity index (χ2n) is 8.32. The van der Waals surface area contributed by atoms with E-state index in [1.807, 2.05) is 41.1 Å². The first-order valence-corrected chi connectivity index (χ1v) is 11.2. The molecule has 8 heteroatoms. The zero-order chi connectivity index (χ0) is 22.3. The average molecular weight is 457 g/mol. The molecule has 3 aromatic rings. The molecular formula is C24H23F3N4S. The average Bonchev–Trinajstić information content (AvgIpc) is 3.53. The van der Waals surface area contributed by atoms with Gasteiger partial charge in [-0.1, -0.05) is 25.0 Å². The Morgan fingerprint density at radius 2 is 1.81 bits per heavy atom. The molecule has 5 rings (SSSR count). The zero-order valence-corrected chi connectivity index (χ0v) is 18.1. The van der Waals surface area contributed by atoms with Crippen LogP contribution in [0.1, 0.15) is 54.7 Å². The van der Waals surface area contributed by atoms with E-state index >= 15 is 0 Å². The number of nitrogens with zero attached hydrogens (tertiary/aromatic N) is 3. The van der Waals surface area contributed by atoms with Gasteiger partial charge >= 0.3 is 6.18 Å². The second kappa shape index (κ2) is 8.24. The van der Waals surface area contributed by atoms with Crippen molar-refractivity contribution in [2.75, 3.05) is 0 Å². The molecule has 2 aromatic heterocycles. The van der Waals surface area contributed by atoms with E-state index < -0.39 is 11.7 Å². The summed E-state index contributed by atoms with van der Waals surface area (Å²) in [5.74, 6) is 0. The summed E-state index contributed by atoms with van der Waals surface area (Å²) >= 11 is 5.76. The van der Waals surface area contributed by atoms with Crippen molar-refractivity contribution < 1.29 is 13.2 Å². The summed E-state index contributed by atoms with van der Waals surface area (Å²) in [6, 6.07) is 15.0. The molecule has 166 valence electrons. The van der Waals surface area contributed by atoms with Crippen molar-refractivity contribution in [3.8, 4) is 5.69 Å². The number of nitrogens with one attached hydrogen (secondary N) is 1. The summed E-state index contributed by atoms with van der Waals surface area (Å²) < 4.78 is 41.9. The molecule has 1 saturated carbocycles. The molecule has 1 aliphatic heterocycles. The summed E-state index contributed by atoms with van der Waals surface area (Å²) in [5.41, 5.74) is 1.56. The van der Waals surface area contributed by atoms with E-state index in [1.54, 1.807) is 12.3 Å². The molecule has 1 aliphatic carbocycles. The Morgan fingerprint density at radius 1 is 1.00 bits per heavy atom. The number of hydrogen-bond acceptors (Lipinski definition) is 2. The Kier molecular flexibility index (Phi) is 5.41. The molecule has 2 fully saturated rings. The minimum atomic E-state index is -4.40. The van der Waals surface area contributed by atoms with Gasteiger partial charge in [0.25, 0.3) is 0 Å². The third-order valence-electron chi connectivity index (χ3n) is 6.39. The van der Waals surface area contributed by atoms with E-state index in [0.717, 1.165) is 43.1 Å². The number of rotatable bonds is 4. The van der Waals surface area contributed by atoms with Crippen molar-refractivity contribution in [2.24, 2.45) is 0 Å². The van der Waals surface area contributed by atoms with Crippen LogP contribution < -0.4 is 5.32 Å². The second-order valence-corrected chi connectivity index (χ2v) is 8.71. The van der Waals surface area contributed by atoms with Crippen molar-refractivity contribution in [3.05, 3.63) is 83.9 Å². The Labute approximate surface area is 190 Å². The van der Waals surface area contributed by atoms with E-state index in [-0.39, 0.29) is 12.1 Å². The summed E-state index contributed by atoms with van der Waals surface area (Å²) in [5, 5.41) is 4.13. The Bertz CT molecular complexity index is 1110. The van der Waals surface area contributed by atoms with Crippen LogP contribution in [0.4, 0.5) is 13.2 Å². The molecule has 32 heavy (non-hydrogen) atoms. The van der Waals surface area contributed by atoms with Crippen LogP contribution in [0.5, 0.6) is 0 Å². The number of aromatic nitrogens is 2. The molecule has 1 N–H and O–H groups in total. The number of hydrogen-bond donors (Lipinski definition) is 1. The van der Waals surface area contributed by atoms with Crippen LogP contribution in [-0.4, -0.2) is 25.6 Å². The molecule has 0 bridgehead atoms. The van der Waals surface area contributed by atoms with Crippen LogP contribution >= 0.6 is 12.2 Å². The van der Waals surface area contributed by atoms with E-state index in [4.69, 9.17) is 12.2 Å². The predicted octanol–water partition coefficient (Wildman–Crippen LogP) is 5.81. The minimum absolute atomic E-state index is 0.176. The molecule has 0 radical (unpaired) electrons. The maximum Gasteiger partial charge on any atom is 0.416 e. The summed E-state index contributed by atoms with van der Waals surface area (Å²) in [7, 11) is 0. The first-order chi connectivity index (χ1) is 15.4. The van der Waals surface area contributed by atoms with Crippen LogP contribution in [0.15, 0.2) is 67.0 Å². The summed E-state index contributed by atoms with van der Waals surface area (Å²) in [6.45, 7) is 0. The van der Waals surface area contributed by atoms with Crippen LogP contribution in [0.25, 0.3) is 5.69 Å². The number of alkyl halides is 3. The molecule has 2 atom stereocenters. The SMILES string of the molecule is FC(F)(F)c1cccc(-n2cccc2[C@@H]2[C@H](c3ccccn3)NC(=S)N2C2CCCC2)c1. The van der Waals surface area contributed by atoms with Gasteiger partial charge in [0.2, 0.25) is 0 Å². The van der Waals surface area contributed by atoms with E-state index in [1.165, 1.54) is 12.1 Å². The van der Waals surface area contributed by atoms with E-state index in [9.17, 15) is 13.2 Å². The highest BCUT2D eigenvalue weighted by atomic mass is 32.1. The lowest BCUT2D eigenvalue weighted by Crippen LogP contribution is -2.38. The number of thiocarbonyl (C=S) groups is 1. The van der Waals surface area contributed by atoms with Gasteiger partial charge in [-0.05, 0) is 67.5 Å². The molecule has 1 saturated heterocycles. The van der Waals surface area contributed by atoms with E-state index in [2.05, 4.69) is 15.2 Å². The first-order valence-electron chi connectivity index (χ1n) is 10.8. The lowest BCUT2D eigenvalue weighted by molar-refractivity contribution is -0.137. The largest absolute Gasteiger partial charge is 0.416 e. The number of pyridine rings is 1. The Morgan fingerprint density at radius 3 is 2.53 bits per heavy atom. The monoisotopic (exact) mass is 456 g/mol. The van der Waals surface area contributed by atoms with Crippen LogP contribution in [0, 0.1) is 0 Å². The molecule has 0 amide bonds. The van der Waals surface area contributed by atoms with Crippen LogP contribution in [0.2, 0.25) is 0 Å². The maximum atomic E-state index is 13.4. The summed E-state index contributed by atoms with van der Waals surface area (Å²) in [6.07, 6.45) is 3.58. The van der Waals surface area contributed by atoms with Gasteiger partial charge in [-0.3, -0.25) is 4.98 Å². The van der Waals surface area contributed by atoms with Crippen molar-refractivity contribution in [2.45, 2.75) is 50.0 Å². The van der Waals surface area contributed by atoms with Gasteiger partial charge in [-0.2, -0.15) is 13.2 Å². The third kappa shape index (κ3) is 3.77. The fourth-order valence-electron chi connectivity index (χ4n) is 4.96. The van der Waals surface area contributed by atoms with Gasteiger partial charge < -0.3 is 14.8 Å². The Balaban J connectivity index is 1.61. The zero-order valence-electron chi connectivity index (χ0n) is 17.3. The maximum absolute atomic E-state index is 13.4. The molecule has 0 unspecified atom stereocenters. The van der Waals surface area contributed by atoms with Crippen molar-refractivity contribution in [3.63, 3.8) is 0 Å². The minimum Gasteiger partial charge on any atom is -0.352 e. The third-order valence-corrected chi connectivity index (χ3v) is 6.72. The Hall–Kier alpha value is -2.87. The van der Waals surface area contributed by atoms with Crippen LogP contribution in [-0.2, 0) is 6.18 Å². The molecule has 1 aromatic carbocycles. The first kappa shape index (κ1) is 21.0. The highest BCUT2D eigenvalue weighted by molar-refractivity contribution is 7.80. The van der Waals surface area contributed by atoms with Gasteiger partial charge in [-0.25, -0.2) is 0 Å². The smallest absolute Gasteiger partial charge is 0.352 e. The molecule has 0 spiro atoms. The van der Waals surface area contributed by atoms with Crippen molar-refractivity contribution >= 4 is 17.3 Å². The van der Waals surface area contributed by atoms with Gasteiger partial charge in [0.15, 0.2) is 5.11 Å². The lowest BCUT2D eigenvalue weighted by Gasteiger charge is -2.33. The van der Waals surface area contributed by atoms with Gasteiger partial charge in [0.1, 0.15) is 0 Å². The molecule has 3 heterocycles. The van der Waals surface area contributed by atoms with Crippen LogP contribution in [0.3, 0.4) is 0 Å². The predicted molar refractivity (Wildman–Crippen MR) is 120 cm³/mol.